The van der Waals surface area contributed by atoms with E-state index in [1.165, 1.54) is 4.88 Å². The second kappa shape index (κ2) is 6.20. The third-order valence-corrected chi connectivity index (χ3v) is 3.75. The van der Waals surface area contributed by atoms with Crippen molar-refractivity contribution in [3.63, 3.8) is 0 Å². The molecule has 0 aliphatic rings. The lowest BCUT2D eigenvalue weighted by Crippen LogP contribution is -2.27. The molecule has 1 heterocycles. The quantitative estimate of drug-likeness (QED) is 0.375. The lowest BCUT2D eigenvalue weighted by Gasteiger charge is -2.12. The standard InChI is InChI=1S/C10H13BrN2S/c1-2-3-4-5-9(13-12)10-6-8(11)7-14-10/h1,6-7,9,13H,3-5,12H2. The molecule has 0 bridgehead atoms. The average Bonchev–Trinajstić information content (AvgIpc) is 2.60. The van der Waals surface area contributed by atoms with E-state index in [4.69, 9.17) is 12.3 Å². The largest absolute Gasteiger partial charge is 0.271 e. The fourth-order valence-electron chi connectivity index (χ4n) is 1.23. The number of thiophene rings is 1. The van der Waals surface area contributed by atoms with Gasteiger partial charge in [0.1, 0.15) is 0 Å². The molecule has 0 saturated heterocycles. The van der Waals surface area contributed by atoms with E-state index in [-0.39, 0.29) is 6.04 Å². The van der Waals surface area contributed by atoms with E-state index in [9.17, 15) is 0 Å². The smallest absolute Gasteiger partial charge is 0.0554 e. The van der Waals surface area contributed by atoms with Gasteiger partial charge >= 0.3 is 0 Å². The van der Waals surface area contributed by atoms with Crippen molar-refractivity contribution in [3.8, 4) is 12.3 Å². The highest BCUT2D eigenvalue weighted by atomic mass is 79.9. The Kier molecular flexibility index (Phi) is 5.20. The Labute approximate surface area is 97.0 Å². The molecule has 3 N–H and O–H groups in total. The number of terminal acetylenes is 1. The predicted octanol–water partition coefficient (Wildman–Crippen LogP) is 2.82. The van der Waals surface area contributed by atoms with Crippen molar-refractivity contribution in [2.24, 2.45) is 5.84 Å². The molecule has 0 radical (unpaired) electrons. The van der Waals surface area contributed by atoms with Gasteiger partial charge in [-0.25, -0.2) is 0 Å². The number of nitrogens with two attached hydrogens (primary N) is 1. The molecule has 0 aromatic carbocycles. The Bertz CT molecular complexity index is 316. The molecule has 1 aromatic heterocycles. The topological polar surface area (TPSA) is 38.0 Å². The minimum absolute atomic E-state index is 0.222. The maximum Gasteiger partial charge on any atom is 0.0554 e. The highest BCUT2D eigenvalue weighted by Crippen LogP contribution is 2.27. The Morgan fingerprint density at radius 2 is 2.50 bits per heavy atom. The van der Waals surface area contributed by atoms with Gasteiger partial charge in [-0.1, -0.05) is 0 Å². The average molecular weight is 273 g/mol. The summed E-state index contributed by atoms with van der Waals surface area (Å²) in [7, 11) is 0. The molecule has 4 heteroatoms. The van der Waals surface area contributed by atoms with Crippen molar-refractivity contribution < 1.29 is 0 Å². The molecule has 0 fully saturated rings. The maximum absolute atomic E-state index is 5.49. The molecule has 0 spiro atoms. The van der Waals surface area contributed by atoms with E-state index >= 15 is 0 Å². The molecule has 0 aliphatic carbocycles. The maximum atomic E-state index is 5.49. The zero-order chi connectivity index (χ0) is 10.4. The van der Waals surface area contributed by atoms with Crippen LogP contribution in [0.15, 0.2) is 15.9 Å². The van der Waals surface area contributed by atoms with E-state index in [1.807, 2.05) is 0 Å². The number of unbranched alkanes of at least 4 members (excludes halogenated alkanes) is 1. The van der Waals surface area contributed by atoms with Crippen LogP contribution in [0.3, 0.4) is 0 Å². The molecule has 14 heavy (non-hydrogen) atoms. The van der Waals surface area contributed by atoms with Crippen molar-refractivity contribution >= 4 is 27.3 Å². The summed E-state index contributed by atoms with van der Waals surface area (Å²) in [5.74, 6) is 8.12. The van der Waals surface area contributed by atoms with Crippen LogP contribution in [0.4, 0.5) is 0 Å². The van der Waals surface area contributed by atoms with Crippen LogP contribution in [0.5, 0.6) is 0 Å². The summed E-state index contributed by atoms with van der Waals surface area (Å²) in [4.78, 5) is 1.25. The first kappa shape index (κ1) is 11.7. The van der Waals surface area contributed by atoms with Gasteiger partial charge in [0.05, 0.1) is 6.04 Å². The molecule has 76 valence electrons. The number of hydrazine groups is 1. The van der Waals surface area contributed by atoms with Crippen LogP contribution < -0.4 is 11.3 Å². The summed E-state index contributed by atoms with van der Waals surface area (Å²) in [6.07, 6.45) is 7.98. The molecule has 1 rings (SSSR count). The zero-order valence-electron chi connectivity index (χ0n) is 7.79. The highest BCUT2D eigenvalue weighted by Gasteiger charge is 2.10. The molecule has 0 aliphatic heterocycles. The molecule has 2 nitrogen and oxygen atoms in total. The molecular weight excluding hydrogens is 260 g/mol. The lowest BCUT2D eigenvalue weighted by atomic mass is 10.1. The lowest BCUT2D eigenvalue weighted by molar-refractivity contribution is 0.509. The van der Waals surface area contributed by atoms with Gasteiger partial charge in [0.25, 0.3) is 0 Å². The number of rotatable bonds is 5. The Morgan fingerprint density at radius 3 is 3.00 bits per heavy atom. The van der Waals surface area contributed by atoms with Crippen molar-refractivity contribution in [1.82, 2.24) is 5.43 Å². The first-order chi connectivity index (χ1) is 6.77. The van der Waals surface area contributed by atoms with Gasteiger partial charge in [-0.05, 0) is 34.8 Å². The summed E-state index contributed by atoms with van der Waals surface area (Å²) in [5, 5.41) is 2.06. The molecule has 1 atom stereocenters. The van der Waals surface area contributed by atoms with E-state index in [2.05, 4.69) is 38.7 Å². The third-order valence-electron chi connectivity index (χ3n) is 1.95. The first-order valence-electron chi connectivity index (χ1n) is 4.41. The van der Waals surface area contributed by atoms with Crippen LogP contribution in [0.2, 0.25) is 0 Å². The Hall–Kier alpha value is -0.340. The van der Waals surface area contributed by atoms with Crippen LogP contribution in [0, 0.1) is 12.3 Å². The van der Waals surface area contributed by atoms with E-state index in [1.54, 1.807) is 11.3 Å². The monoisotopic (exact) mass is 272 g/mol. The number of halogens is 1. The van der Waals surface area contributed by atoms with Crippen LogP contribution in [-0.2, 0) is 0 Å². The number of hydrogen-bond acceptors (Lipinski definition) is 3. The van der Waals surface area contributed by atoms with Crippen LogP contribution in [0.1, 0.15) is 30.2 Å². The summed E-state index contributed by atoms with van der Waals surface area (Å²) >= 11 is 5.12. The minimum atomic E-state index is 0.222. The van der Waals surface area contributed by atoms with Crippen LogP contribution in [-0.4, -0.2) is 0 Å². The molecule has 0 saturated carbocycles. The van der Waals surface area contributed by atoms with Gasteiger partial charge in [-0.3, -0.25) is 11.3 Å². The number of nitrogens with one attached hydrogen (secondary N) is 1. The van der Waals surface area contributed by atoms with Crippen LogP contribution in [0.25, 0.3) is 0 Å². The van der Waals surface area contributed by atoms with Gasteiger partial charge in [0.15, 0.2) is 0 Å². The Morgan fingerprint density at radius 1 is 1.71 bits per heavy atom. The van der Waals surface area contributed by atoms with Crippen molar-refractivity contribution in [2.75, 3.05) is 0 Å². The molecular formula is C10H13BrN2S. The van der Waals surface area contributed by atoms with Crippen molar-refractivity contribution in [3.05, 3.63) is 20.8 Å². The highest BCUT2D eigenvalue weighted by molar-refractivity contribution is 9.10. The van der Waals surface area contributed by atoms with Gasteiger partial charge < -0.3 is 0 Å². The Balaban J connectivity index is 2.50. The van der Waals surface area contributed by atoms with Crippen molar-refractivity contribution in [1.29, 1.82) is 0 Å². The zero-order valence-corrected chi connectivity index (χ0v) is 10.2. The molecule has 1 unspecified atom stereocenters. The predicted molar refractivity (Wildman–Crippen MR) is 64.8 cm³/mol. The van der Waals surface area contributed by atoms with Gasteiger partial charge in [-0.15, -0.1) is 23.7 Å². The van der Waals surface area contributed by atoms with E-state index in [0.717, 1.165) is 23.7 Å². The van der Waals surface area contributed by atoms with Crippen LogP contribution >= 0.6 is 27.3 Å². The van der Waals surface area contributed by atoms with E-state index < -0.39 is 0 Å². The fraction of sp³-hybridized carbons (Fsp3) is 0.400. The van der Waals surface area contributed by atoms with Gasteiger partial charge in [0.2, 0.25) is 0 Å². The second-order valence-corrected chi connectivity index (χ2v) is 4.84. The van der Waals surface area contributed by atoms with E-state index in [0.29, 0.717) is 0 Å². The third kappa shape index (κ3) is 3.43. The summed E-state index contributed by atoms with van der Waals surface area (Å²) in [6, 6.07) is 2.31. The normalized spacial score (nSPS) is 12.4. The second-order valence-electron chi connectivity index (χ2n) is 2.98. The SMILES string of the molecule is C#CCCCC(NN)c1cc(Br)cs1. The summed E-state index contributed by atoms with van der Waals surface area (Å²) in [5.41, 5.74) is 2.81. The van der Waals surface area contributed by atoms with Gasteiger partial charge in [-0.2, -0.15) is 0 Å². The molecule has 1 aromatic rings. The summed E-state index contributed by atoms with van der Waals surface area (Å²) < 4.78 is 1.11. The fourth-order valence-corrected chi connectivity index (χ4v) is 2.77. The summed E-state index contributed by atoms with van der Waals surface area (Å²) in [6.45, 7) is 0. The van der Waals surface area contributed by atoms with Crippen molar-refractivity contribution in [2.45, 2.75) is 25.3 Å². The minimum Gasteiger partial charge on any atom is -0.271 e. The first-order valence-corrected chi connectivity index (χ1v) is 6.08. The number of hydrogen-bond donors (Lipinski definition) is 2. The molecule has 0 amide bonds. The van der Waals surface area contributed by atoms with Gasteiger partial charge in [0, 0.05) is 21.2 Å².